The van der Waals surface area contributed by atoms with Gasteiger partial charge in [-0.25, -0.2) is 0 Å². The molecule has 1 rings (SSSR count). The van der Waals surface area contributed by atoms with E-state index in [2.05, 4.69) is 5.32 Å². The smallest absolute Gasteiger partial charge is 0.0833 e. The van der Waals surface area contributed by atoms with Crippen molar-refractivity contribution in [2.45, 2.75) is 50.4 Å². The molecule has 0 aromatic rings. The zero-order chi connectivity index (χ0) is 12.0. The quantitative estimate of drug-likeness (QED) is 0.749. The maximum absolute atomic E-state index is 10.1. The third-order valence-electron chi connectivity index (χ3n) is 3.21. The Morgan fingerprint density at radius 3 is 2.75 bits per heavy atom. The maximum Gasteiger partial charge on any atom is 0.0833 e. The van der Waals surface area contributed by atoms with Gasteiger partial charge in [-0.15, -0.1) is 0 Å². The van der Waals surface area contributed by atoms with Gasteiger partial charge in [-0.2, -0.15) is 11.8 Å². The first-order valence-electron chi connectivity index (χ1n) is 6.06. The number of hydrogen-bond donors (Lipinski definition) is 2. The fourth-order valence-electron chi connectivity index (χ4n) is 2.33. The lowest BCUT2D eigenvalue weighted by Crippen LogP contribution is -2.49. The Kier molecular flexibility index (Phi) is 6.11. The molecule has 0 saturated heterocycles. The zero-order valence-corrected chi connectivity index (χ0v) is 11.5. The minimum atomic E-state index is -0.616. The number of ether oxygens (including phenoxy) is 1. The van der Waals surface area contributed by atoms with Gasteiger partial charge in [0.2, 0.25) is 0 Å². The first-order chi connectivity index (χ1) is 7.59. The van der Waals surface area contributed by atoms with E-state index in [1.54, 1.807) is 18.9 Å². The van der Waals surface area contributed by atoms with Gasteiger partial charge in [0.1, 0.15) is 0 Å². The van der Waals surface area contributed by atoms with Crippen molar-refractivity contribution in [1.29, 1.82) is 0 Å². The highest BCUT2D eigenvalue weighted by Crippen LogP contribution is 2.21. The van der Waals surface area contributed by atoms with E-state index in [4.69, 9.17) is 4.74 Å². The molecule has 0 bridgehead atoms. The summed E-state index contributed by atoms with van der Waals surface area (Å²) in [5, 5.41) is 13.5. The zero-order valence-electron chi connectivity index (χ0n) is 10.7. The molecule has 0 radical (unpaired) electrons. The molecule has 3 atom stereocenters. The number of hydrogen-bond acceptors (Lipinski definition) is 4. The van der Waals surface area contributed by atoms with E-state index >= 15 is 0 Å². The molecule has 3 unspecified atom stereocenters. The van der Waals surface area contributed by atoms with Crippen molar-refractivity contribution >= 4 is 11.8 Å². The van der Waals surface area contributed by atoms with E-state index in [0.29, 0.717) is 18.7 Å². The molecule has 4 heteroatoms. The van der Waals surface area contributed by atoms with Crippen molar-refractivity contribution in [3.05, 3.63) is 0 Å². The predicted molar refractivity (Wildman–Crippen MR) is 70.1 cm³/mol. The van der Waals surface area contributed by atoms with Gasteiger partial charge in [-0.05, 0) is 26.0 Å². The Morgan fingerprint density at radius 2 is 2.12 bits per heavy atom. The highest BCUT2D eigenvalue weighted by molar-refractivity contribution is 7.98. The normalized spacial score (nSPS) is 30.0. The fraction of sp³-hybridized carbons (Fsp3) is 1.00. The predicted octanol–water partition coefficient (Wildman–Crippen LogP) is 1.65. The molecule has 3 nitrogen and oxygen atoms in total. The van der Waals surface area contributed by atoms with Crippen molar-refractivity contribution in [3.8, 4) is 0 Å². The monoisotopic (exact) mass is 247 g/mol. The molecule has 1 fully saturated rings. The van der Waals surface area contributed by atoms with E-state index < -0.39 is 5.60 Å². The van der Waals surface area contributed by atoms with E-state index in [1.165, 1.54) is 12.8 Å². The van der Waals surface area contributed by atoms with Crippen molar-refractivity contribution in [2.24, 2.45) is 0 Å². The molecule has 1 aliphatic carbocycles. The largest absolute Gasteiger partial charge is 0.388 e. The SMILES string of the molecule is COC1CCCCC1NCC(C)(O)CSC. The highest BCUT2D eigenvalue weighted by Gasteiger charge is 2.27. The van der Waals surface area contributed by atoms with Crippen LogP contribution in [0.15, 0.2) is 0 Å². The van der Waals surface area contributed by atoms with Crippen LogP contribution in [0.2, 0.25) is 0 Å². The molecule has 0 aliphatic heterocycles. The summed E-state index contributed by atoms with van der Waals surface area (Å²) >= 11 is 1.68. The van der Waals surface area contributed by atoms with Crippen LogP contribution in [0.5, 0.6) is 0 Å². The summed E-state index contributed by atoms with van der Waals surface area (Å²) in [6, 6.07) is 0.409. The Balaban J connectivity index is 2.34. The Bertz CT molecular complexity index is 199. The summed E-state index contributed by atoms with van der Waals surface area (Å²) in [5.41, 5.74) is -0.616. The van der Waals surface area contributed by atoms with Gasteiger partial charge < -0.3 is 15.2 Å². The Labute approximate surface area is 103 Å². The molecule has 0 heterocycles. The third-order valence-corrected chi connectivity index (χ3v) is 4.12. The lowest BCUT2D eigenvalue weighted by molar-refractivity contribution is 0.0258. The molecule has 0 aromatic heterocycles. The first-order valence-corrected chi connectivity index (χ1v) is 7.46. The van der Waals surface area contributed by atoms with Gasteiger partial charge in [0, 0.05) is 25.4 Å². The number of methoxy groups -OCH3 is 1. The van der Waals surface area contributed by atoms with E-state index in [9.17, 15) is 5.11 Å². The van der Waals surface area contributed by atoms with Crippen LogP contribution in [0.4, 0.5) is 0 Å². The third kappa shape index (κ3) is 4.62. The second kappa shape index (κ2) is 6.84. The summed E-state index contributed by atoms with van der Waals surface area (Å²) in [4.78, 5) is 0. The van der Waals surface area contributed by atoms with Gasteiger partial charge in [-0.3, -0.25) is 0 Å². The molecule has 0 amide bonds. The van der Waals surface area contributed by atoms with Crippen LogP contribution in [0.25, 0.3) is 0 Å². The van der Waals surface area contributed by atoms with Gasteiger partial charge >= 0.3 is 0 Å². The van der Waals surface area contributed by atoms with Gasteiger partial charge in [0.05, 0.1) is 11.7 Å². The second-order valence-electron chi connectivity index (χ2n) is 4.98. The Morgan fingerprint density at radius 1 is 1.44 bits per heavy atom. The Hall–Kier alpha value is 0.230. The van der Waals surface area contributed by atoms with Gasteiger partial charge in [0.25, 0.3) is 0 Å². The first kappa shape index (κ1) is 14.3. The van der Waals surface area contributed by atoms with Crippen LogP contribution in [-0.2, 0) is 4.74 Å². The van der Waals surface area contributed by atoms with Crippen LogP contribution in [0.1, 0.15) is 32.6 Å². The number of nitrogens with one attached hydrogen (secondary N) is 1. The highest BCUT2D eigenvalue weighted by atomic mass is 32.2. The molecule has 2 N–H and O–H groups in total. The van der Waals surface area contributed by atoms with Gasteiger partial charge in [-0.1, -0.05) is 12.8 Å². The molecule has 96 valence electrons. The summed E-state index contributed by atoms with van der Waals surface area (Å²) in [6.45, 7) is 2.54. The van der Waals surface area contributed by atoms with Crippen molar-refractivity contribution < 1.29 is 9.84 Å². The van der Waals surface area contributed by atoms with E-state index in [0.717, 1.165) is 18.6 Å². The van der Waals surface area contributed by atoms with Crippen LogP contribution in [-0.4, -0.2) is 48.5 Å². The molecular formula is C12H25NO2S. The van der Waals surface area contributed by atoms with Crippen LogP contribution < -0.4 is 5.32 Å². The summed E-state index contributed by atoms with van der Waals surface area (Å²) in [5.74, 6) is 0.768. The lowest BCUT2D eigenvalue weighted by Gasteiger charge is -2.33. The second-order valence-corrected chi connectivity index (χ2v) is 5.84. The van der Waals surface area contributed by atoms with Crippen LogP contribution in [0.3, 0.4) is 0 Å². The summed E-state index contributed by atoms with van der Waals surface area (Å²) in [6.07, 6.45) is 7.17. The topological polar surface area (TPSA) is 41.5 Å². The number of rotatable bonds is 6. The molecule has 16 heavy (non-hydrogen) atoms. The molecule has 1 saturated carbocycles. The van der Waals surface area contributed by atoms with E-state index in [1.807, 2.05) is 13.2 Å². The number of thioether (sulfide) groups is 1. The molecule has 0 spiro atoms. The van der Waals surface area contributed by atoms with Crippen LogP contribution >= 0.6 is 11.8 Å². The van der Waals surface area contributed by atoms with Crippen LogP contribution in [0, 0.1) is 0 Å². The average Bonchev–Trinajstić information content (AvgIpc) is 2.27. The van der Waals surface area contributed by atoms with Crippen molar-refractivity contribution in [3.63, 3.8) is 0 Å². The molecule has 1 aliphatic rings. The van der Waals surface area contributed by atoms with Crippen molar-refractivity contribution in [2.75, 3.05) is 25.7 Å². The minimum Gasteiger partial charge on any atom is -0.388 e. The summed E-state index contributed by atoms with van der Waals surface area (Å²) < 4.78 is 5.48. The minimum absolute atomic E-state index is 0.318. The fourth-order valence-corrected chi connectivity index (χ4v) is 3.05. The standard InChI is InChI=1S/C12H25NO2S/c1-12(14,9-16-3)8-13-10-6-4-5-7-11(10)15-2/h10-11,13-14H,4-9H2,1-3H3. The maximum atomic E-state index is 10.1. The molecular weight excluding hydrogens is 222 g/mol. The summed E-state index contributed by atoms with van der Waals surface area (Å²) in [7, 11) is 1.78. The van der Waals surface area contributed by atoms with Gasteiger partial charge in [0.15, 0.2) is 0 Å². The van der Waals surface area contributed by atoms with Crippen molar-refractivity contribution in [1.82, 2.24) is 5.32 Å². The van der Waals surface area contributed by atoms with E-state index in [-0.39, 0.29) is 0 Å². The molecule has 0 aromatic carbocycles. The average molecular weight is 247 g/mol. The number of aliphatic hydroxyl groups is 1. The lowest BCUT2D eigenvalue weighted by atomic mass is 9.92.